The van der Waals surface area contributed by atoms with Gasteiger partial charge in [-0.1, -0.05) is 5.16 Å². The highest BCUT2D eigenvalue weighted by Crippen LogP contribution is 2.35. The molecule has 0 radical (unpaired) electrons. The molecule has 3 heterocycles. The van der Waals surface area contributed by atoms with E-state index in [0.717, 1.165) is 16.3 Å². The maximum Gasteiger partial charge on any atom is 0.235 e. The Hall–Kier alpha value is -2.63. The van der Waals surface area contributed by atoms with Crippen molar-refractivity contribution in [1.29, 1.82) is 0 Å². The maximum atomic E-state index is 12.1. The predicted octanol–water partition coefficient (Wildman–Crippen LogP) is 1.84. The molecule has 6 heteroatoms. The van der Waals surface area contributed by atoms with Crippen LogP contribution in [-0.4, -0.2) is 21.5 Å². The van der Waals surface area contributed by atoms with E-state index in [4.69, 9.17) is 4.52 Å². The van der Waals surface area contributed by atoms with E-state index in [2.05, 4.69) is 10.5 Å². The Kier molecular flexibility index (Phi) is 2.42. The summed E-state index contributed by atoms with van der Waals surface area (Å²) in [6.07, 6.45) is 2.76. The molecule has 0 aliphatic carbocycles. The molecule has 2 amide bonds. The Bertz CT molecular complexity index is 890. The van der Waals surface area contributed by atoms with Crippen LogP contribution < -0.4 is 5.32 Å². The van der Waals surface area contributed by atoms with Crippen LogP contribution in [0.4, 0.5) is 0 Å². The highest BCUT2D eigenvalue weighted by Gasteiger charge is 2.32. The van der Waals surface area contributed by atoms with Gasteiger partial charge in [-0.15, -0.1) is 0 Å². The summed E-state index contributed by atoms with van der Waals surface area (Å²) in [6.45, 7) is 0. The monoisotopic (exact) mass is 283 g/mol. The summed E-state index contributed by atoms with van der Waals surface area (Å²) in [6, 6.07) is 5.82. The van der Waals surface area contributed by atoms with Crippen molar-refractivity contribution in [3.8, 4) is 0 Å². The molecule has 0 unspecified atom stereocenters. The van der Waals surface area contributed by atoms with Gasteiger partial charge in [0.1, 0.15) is 5.69 Å². The second-order valence-corrected chi connectivity index (χ2v) is 5.37. The van der Waals surface area contributed by atoms with Crippen molar-refractivity contribution in [2.45, 2.75) is 18.8 Å². The van der Waals surface area contributed by atoms with Crippen molar-refractivity contribution in [2.75, 3.05) is 0 Å². The number of imide groups is 1. The Morgan fingerprint density at radius 3 is 3.00 bits per heavy atom. The summed E-state index contributed by atoms with van der Waals surface area (Å²) in [7, 11) is 1.97. The second kappa shape index (κ2) is 4.18. The van der Waals surface area contributed by atoms with Gasteiger partial charge in [0.2, 0.25) is 11.8 Å². The van der Waals surface area contributed by atoms with Gasteiger partial charge < -0.3 is 9.09 Å². The lowest BCUT2D eigenvalue weighted by molar-refractivity contribution is -0.134. The molecular weight excluding hydrogens is 270 g/mol. The Labute approximate surface area is 119 Å². The van der Waals surface area contributed by atoms with Crippen LogP contribution in [0.15, 0.2) is 28.9 Å². The molecule has 106 valence electrons. The quantitative estimate of drug-likeness (QED) is 0.691. The third-order valence-corrected chi connectivity index (χ3v) is 4.10. The zero-order valence-corrected chi connectivity index (χ0v) is 11.4. The van der Waals surface area contributed by atoms with Gasteiger partial charge >= 0.3 is 0 Å². The Morgan fingerprint density at radius 2 is 2.19 bits per heavy atom. The minimum Gasteiger partial charge on any atom is -0.356 e. The van der Waals surface area contributed by atoms with E-state index < -0.39 is 5.92 Å². The molecule has 0 bridgehead atoms. The number of rotatable bonds is 1. The zero-order chi connectivity index (χ0) is 14.6. The summed E-state index contributed by atoms with van der Waals surface area (Å²) in [4.78, 5) is 23.4. The molecule has 3 aromatic rings. The predicted molar refractivity (Wildman–Crippen MR) is 75.6 cm³/mol. The number of piperidine rings is 1. The number of nitrogens with zero attached hydrogens (tertiary/aromatic N) is 2. The first-order chi connectivity index (χ1) is 10.1. The third kappa shape index (κ3) is 1.68. The topological polar surface area (TPSA) is 77.1 Å². The van der Waals surface area contributed by atoms with Crippen LogP contribution in [0.5, 0.6) is 0 Å². The molecule has 6 nitrogen and oxygen atoms in total. The average Bonchev–Trinajstić information content (AvgIpc) is 3.03. The molecule has 0 saturated carbocycles. The molecule has 1 aliphatic heterocycles. The molecule has 2 aromatic heterocycles. The lowest BCUT2D eigenvalue weighted by Gasteiger charge is -2.18. The molecule has 1 saturated heterocycles. The molecule has 1 atom stereocenters. The molecular formula is C15H13N3O3. The van der Waals surface area contributed by atoms with Crippen LogP contribution in [-0.2, 0) is 16.6 Å². The van der Waals surface area contributed by atoms with Gasteiger partial charge in [0.15, 0.2) is 5.58 Å². The highest BCUT2D eigenvalue weighted by molar-refractivity contribution is 6.09. The van der Waals surface area contributed by atoms with E-state index in [1.165, 1.54) is 0 Å². The van der Waals surface area contributed by atoms with Crippen LogP contribution in [0.25, 0.3) is 21.9 Å². The fourth-order valence-corrected chi connectivity index (χ4v) is 3.01. The van der Waals surface area contributed by atoms with Gasteiger partial charge in [-0.2, -0.15) is 0 Å². The van der Waals surface area contributed by atoms with E-state index in [0.29, 0.717) is 24.1 Å². The number of carbonyl (C=O) groups excluding carboxylic acids is 2. The number of aromatic nitrogens is 2. The van der Waals surface area contributed by atoms with E-state index in [-0.39, 0.29) is 11.8 Å². The molecule has 4 rings (SSSR count). The summed E-state index contributed by atoms with van der Waals surface area (Å²) in [5, 5.41) is 8.34. The number of amides is 2. The summed E-state index contributed by atoms with van der Waals surface area (Å²) in [5.74, 6) is -0.960. The molecule has 0 spiro atoms. The normalized spacial score (nSPS) is 19.4. The van der Waals surface area contributed by atoms with Crippen LogP contribution in [0.1, 0.15) is 24.5 Å². The van der Waals surface area contributed by atoms with Crippen LogP contribution in [0.2, 0.25) is 0 Å². The summed E-state index contributed by atoms with van der Waals surface area (Å²) in [5.41, 5.74) is 2.33. The fourth-order valence-electron chi connectivity index (χ4n) is 3.01. The van der Waals surface area contributed by atoms with Gasteiger partial charge in [-0.25, -0.2) is 0 Å². The standard InChI is InChI=1S/C15H13N3O3/c1-18-7-6-8-10(18)3-4-11-13(8)14(17-21-11)9-2-5-12(19)16-15(9)20/h3-4,6-7,9H,2,5H2,1H3,(H,16,19,20)/t9-/m1/s1. The SMILES string of the molecule is Cn1ccc2c3c([C@H]4CCC(=O)NC4=O)noc3ccc21. The average molecular weight is 283 g/mol. The molecule has 1 aliphatic rings. The van der Waals surface area contributed by atoms with Gasteiger partial charge in [-0.3, -0.25) is 14.9 Å². The van der Waals surface area contributed by atoms with Crippen molar-refractivity contribution in [1.82, 2.24) is 15.0 Å². The summed E-state index contributed by atoms with van der Waals surface area (Å²) < 4.78 is 7.38. The first-order valence-electron chi connectivity index (χ1n) is 6.82. The largest absolute Gasteiger partial charge is 0.356 e. The lowest BCUT2D eigenvalue weighted by atomic mass is 9.92. The van der Waals surface area contributed by atoms with Crippen molar-refractivity contribution in [2.24, 2.45) is 7.05 Å². The van der Waals surface area contributed by atoms with E-state index in [9.17, 15) is 9.59 Å². The number of fused-ring (bicyclic) bond motifs is 3. The highest BCUT2D eigenvalue weighted by atomic mass is 16.5. The van der Waals surface area contributed by atoms with Crippen molar-refractivity contribution >= 4 is 33.7 Å². The summed E-state index contributed by atoms with van der Waals surface area (Å²) >= 11 is 0. The van der Waals surface area contributed by atoms with E-state index >= 15 is 0 Å². The van der Waals surface area contributed by atoms with Crippen molar-refractivity contribution < 1.29 is 14.1 Å². The lowest BCUT2D eigenvalue weighted by Crippen LogP contribution is -2.39. The van der Waals surface area contributed by atoms with Crippen molar-refractivity contribution in [3.63, 3.8) is 0 Å². The van der Waals surface area contributed by atoms with Gasteiger partial charge in [0, 0.05) is 30.6 Å². The first kappa shape index (κ1) is 12.1. The number of nitrogens with one attached hydrogen (secondary N) is 1. The molecule has 1 aromatic carbocycles. The number of hydrogen-bond acceptors (Lipinski definition) is 4. The van der Waals surface area contributed by atoms with Gasteiger partial charge in [0.05, 0.1) is 11.3 Å². The number of carbonyl (C=O) groups is 2. The number of aryl methyl sites for hydroxylation is 1. The Balaban J connectivity index is 1.95. The maximum absolute atomic E-state index is 12.1. The van der Waals surface area contributed by atoms with Crippen molar-refractivity contribution in [3.05, 3.63) is 30.1 Å². The minimum atomic E-state index is -0.435. The fraction of sp³-hybridized carbons (Fsp3) is 0.267. The van der Waals surface area contributed by atoms with Crippen LogP contribution in [0, 0.1) is 0 Å². The zero-order valence-electron chi connectivity index (χ0n) is 11.4. The molecule has 21 heavy (non-hydrogen) atoms. The van der Waals surface area contributed by atoms with E-state index in [1.807, 2.05) is 36.0 Å². The number of hydrogen-bond donors (Lipinski definition) is 1. The van der Waals surface area contributed by atoms with Gasteiger partial charge in [0.25, 0.3) is 0 Å². The molecule has 1 N–H and O–H groups in total. The molecule has 1 fully saturated rings. The third-order valence-electron chi connectivity index (χ3n) is 4.10. The number of benzene rings is 1. The van der Waals surface area contributed by atoms with Crippen LogP contribution >= 0.6 is 0 Å². The second-order valence-electron chi connectivity index (χ2n) is 5.37. The first-order valence-corrected chi connectivity index (χ1v) is 6.82. The van der Waals surface area contributed by atoms with E-state index in [1.54, 1.807) is 0 Å². The smallest absolute Gasteiger partial charge is 0.235 e. The van der Waals surface area contributed by atoms with Crippen LogP contribution in [0.3, 0.4) is 0 Å². The Morgan fingerprint density at radius 1 is 1.33 bits per heavy atom. The van der Waals surface area contributed by atoms with Gasteiger partial charge in [-0.05, 0) is 24.6 Å². The minimum absolute atomic E-state index is 0.228.